The summed E-state index contributed by atoms with van der Waals surface area (Å²) in [6.45, 7) is 2.31. The first-order valence-electron chi connectivity index (χ1n) is 6.54. The first kappa shape index (κ1) is 10.5. The molecule has 2 aliphatic carbocycles. The Morgan fingerprint density at radius 3 is 2.36 bits per heavy atom. The zero-order valence-corrected chi connectivity index (χ0v) is 9.50. The van der Waals surface area contributed by atoms with E-state index in [9.17, 15) is 0 Å². The number of hydrogen-bond acceptors (Lipinski definition) is 1. The molecule has 0 aromatic heterocycles. The molecule has 82 valence electrons. The second kappa shape index (κ2) is 5.16. The predicted molar refractivity (Wildman–Crippen MR) is 59.4 cm³/mol. The molecular weight excluding hydrogens is 172 g/mol. The highest BCUT2D eigenvalue weighted by Gasteiger charge is 2.26. The molecule has 0 aromatic carbocycles. The first-order valence-corrected chi connectivity index (χ1v) is 6.54. The van der Waals surface area contributed by atoms with Gasteiger partial charge in [-0.3, -0.25) is 0 Å². The van der Waals surface area contributed by atoms with Crippen molar-refractivity contribution in [2.45, 2.75) is 76.9 Å². The highest BCUT2D eigenvalue weighted by molar-refractivity contribution is 4.77. The highest BCUT2D eigenvalue weighted by Crippen LogP contribution is 2.32. The molecule has 2 fully saturated rings. The quantitative estimate of drug-likeness (QED) is 0.665. The van der Waals surface area contributed by atoms with Gasteiger partial charge in [-0.05, 0) is 38.0 Å². The molecule has 1 heteroatoms. The van der Waals surface area contributed by atoms with E-state index in [4.69, 9.17) is 4.74 Å². The Labute approximate surface area is 88.2 Å². The third-order valence-corrected chi connectivity index (χ3v) is 4.01. The normalized spacial score (nSPS) is 34.9. The molecule has 0 spiro atoms. The minimum atomic E-state index is 0.614. The van der Waals surface area contributed by atoms with Crippen LogP contribution in [0.1, 0.15) is 64.7 Å². The zero-order chi connectivity index (χ0) is 9.80. The van der Waals surface area contributed by atoms with Crippen LogP contribution in [0.25, 0.3) is 0 Å². The second-order valence-electron chi connectivity index (χ2n) is 5.11. The minimum Gasteiger partial charge on any atom is -0.375 e. The maximum absolute atomic E-state index is 6.18. The van der Waals surface area contributed by atoms with Crippen LogP contribution >= 0.6 is 0 Å². The van der Waals surface area contributed by atoms with Crippen LogP contribution in [0.15, 0.2) is 0 Å². The molecule has 2 rings (SSSR count). The smallest absolute Gasteiger partial charge is 0.0581 e. The largest absolute Gasteiger partial charge is 0.375 e. The number of hydrogen-bond donors (Lipinski definition) is 0. The summed E-state index contributed by atoms with van der Waals surface area (Å²) in [5, 5.41) is 0. The SMILES string of the molecule is CCC1CCC(OC2CCCCC2)C1. The van der Waals surface area contributed by atoms with E-state index in [1.165, 1.54) is 57.8 Å². The molecule has 2 atom stereocenters. The van der Waals surface area contributed by atoms with Crippen LogP contribution in [0.3, 0.4) is 0 Å². The summed E-state index contributed by atoms with van der Waals surface area (Å²) in [5.74, 6) is 0.962. The topological polar surface area (TPSA) is 9.23 Å². The number of ether oxygens (including phenoxy) is 1. The second-order valence-corrected chi connectivity index (χ2v) is 5.11. The minimum absolute atomic E-state index is 0.614. The van der Waals surface area contributed by atoms with Gasteiger partial charge in [0.15, 0.2) is 0 Å². The molecule has 0 bridgehead atoms. The van der Waals surface area contributed by atoms with Gasteiger partial charge in [-0.25, -0.2) is 0 Å². The summed E-state index contributed by atoms with van der Waals surface area (Å²) in [4.78, 5) is 0. The van der Waals surface area contributed by atoms with E-state index in [0.29, 0.717) is 12.2 Å². The monoisotopic (exact) mass is 196 g/mol. The van der Waals surface area contributed by atoms with E-state index in [2.05, 4.69) is 6.92 Å². The standard InChI is InChI=1S/C13H24O/c1-2-11-8-9-13(10-11)14-12-6-4-3-5-7-12/h11-13H,2-10H2,1H3. The van der Waals surface area contributed by atoms with Crippen molar-refractivity contribution in [3.05, 3.63) is 0 Å². The molecule has 0 N–H and O–H groups in total. The third-order valence-electron chi connectivity index (χ3n) is 4.01. The van der Waals surface area contributed by atoms with E-state index in [1.807, 2.05) is 0 Å². The Balaban J connectivity index is 1.69. The van der Waals surface area contributed by atoms with Gasteiger partial charge in [-0.1, -0.05) is 32.6 Å². The van der Waals surface area contributed by atoms with Crippen molar-refractivity contribution in [2.75, 3.05) is 0 Å². The Morgan fingerprint density at radius 1 is 0.929 bits per heavy atom. The van der Waals surface area contributed by atoms with Crippen LogP contribution in [0.4, 0.5) is 0 Å². The summed E-state index contributed by atoms with van der Waals surface area (Å²) >= 11 is 0. The van der Waals surface area contributed by atoms with Crippen LogP contribution in [0, 0.1) is 5.92 Å². The molecule has 0 aromatic rings. The maximum atomic E-state index is 6.18. The Morgan fingerprint density at radius 2 is 1.71 bits per heavy atom. The molecule has 2 aliphatic rings. The van der Waals surface area contributed by atoms with Gasteiger partial charge in [0.2, 0.25) is 0 Å². The third kappa shape index (κ3) is 2.73. The molecule has 0 heterocycles. The fourth-order valence-corrected chi connectivity index (χ4v) is 3.00. The van der Waals surface area contributed by atoms with Gasteiger partial charge in [-0.15, -0.1) is 0 Å². The summed E-state index contributed by atoms with van der Waals surface area (Å²) < 4.78 is 6.18. The zero-order valence-electron chi connectivity index (χ0n) is 9.50. The van der Waals surface area contributed by atoms with Crippen molar-refractivity contribution in [1.29, 1.82) is 0 Å². The van der Waals surface area contributed by atoms with Gasteiger partial charge in [-0.2, -0.15) is 0 Å². The molecule has 0 saturated heterocycles. The van der Waals surface area contributed by atoms with Crippen LogP contribution in [-0.4, -0.2) is 12.2 Å². The fraction of sp³-hybridized carbons (Fsp3) is 1.00. The Bertz CT molecular complexity index is 161. The van der Waals surface area contributed by atoms with Crippen molar-refractivity contribution in [3.8, 4) is 0 Å². The lowest BCUT2D eigenvalue weighted by Gasteiger charge is -2.25. The number of rotatable bonds is 3. The van der Waals surface area contributed by atoms with Crippen LogP contribution in [-0.2, 0) is 4.74 Å². The van der Waals surface area contributed by atoms with Crippen LogP contribution in [0.2, 0.25) is 0 Å². The van der Waals surface area contributed by atoms with Crippen molar-refractivity contribution in [2.24, 2.45) is 5.92 Å². The predicted octanol–water partition coefficient (Wildman–Crippen LogP) is 3.91. The molecule has 1 nitrogen and oxygen atoms in total. The average molecular weight is 196 g/mol. The molecule has 0 aliphatic heterocycles. The lowest BCUT2D eigenvalue weighted by molar-refractivity contribution is -0.0276. The van der Waals surface area contributed by atoms with E-state index >= 15 is 0 Å². The average Bonchev–Trinajstić information content (AvgIpc) is 2.67. The molecule has 2 unspecified atom stereocenters. The molecule has 14 heavy (non-hydrogen) atoms. The lowest BCUT2D eigenvalue weighted by Crippen LogP contribution is -2.22. The van der Waals surface area contributed by atoms with Crippen molar-refractivity contribution < 1.29 is 4.74 Å². The van der Waals surface area contributed by atoms with Crippen molar-refractivity contribution >= 4 is 0 Å². The van der Waals surface area contributed by atoms with Crippen LogP contribution in [0.5, 0.6) is 0 Å². The molecule has 0 radical (unpaired) electrons. The van der Waals surface area contributed by atoms with E-state index in [0.717, 1.165) is 5.92 Å². The Hall–Kier alpha value is -0.0400. The fourth-order valence-electron chi connectivity index (χ4n) is 3.00. The Kier molecular flexibility index (Phi) is 3.86. The lowest BCUT2D eigenvalue weighted by atomic mass is 9.97. The summed E-state index contributed by atoms with van der Waals surface area (Å²) in [6.07, 6.45) is 13.5. The van der Waals surface area contributed by atoms with Gasteiger partial charge >= 0.3 is 0 Å². The summed E-state index contributed by atoms with van der Waals surface area (Å²) in [6, 6.07) is 0. The molecule has 0 amide bonds. The molecular formula is C13H24O. The summed E-state index contributed by atoms with van der Waals surface area (Å²) in [7, 11) is 0. The van der Waals surface area contributed by atoms with E-state index in [-0.39, 0.29) is 0 Å². The highest BCUT2D eigenvalue weighted by atomic mass is 16.5. The van der Waals surface area contributed by atoms with Gasteiger partial charge < -0.3 is 4.74 Å². The van der Waals surface area contributed by atoms with Gasteiger partial charge in [0.25, 0.3) is 0 Å². The van der Waals surface area contributed by atoms with Gasteiger partial charge in [0, 0.05) is 0 Å². The van der Waals surface area contributed by atoms with Crippen LogP contribution < -0.4 is 0 Å². The van der Waals surface area contributed by atoms with Crippen molar-refractivity contribution in [1.82, 2.24) is 0 Å². The maximum Gasteiger partial charge on any atom is 0.0581 e. The van der Waals surface area contributed by atoms with Gasteiger partial charge in [0.1, 0.15) is 0 Å². The first-order chi connectivity index (χ1) is 6.88. The van der Waals surface area contributed by atoms with Gasteiger partial charge in [0.05, 0.1) is 12.2 Å². The van der Waals surface area contributed by atoms with E-state index < -0.39 is 0 Å². The molecule has 2 saturated carbocycles. The van der Waals surface area contributed by atoms with E-state index in [1.54, 1.807) is 0 Å². The van der Waals surface area contributed by atoms with Crippen molar-refractivity contribution in [3.63, 3.8) is 0 Å². The summed E-state index contributed by atoms with van der Waals surface area (Å²) in [5.41, 5.74) is 0.